The third-order valence-corrected chi connectivity index (χ3v) is 26.0. The van der Waals surface area contributed by atoms with E-state index in [1.54, 1.807) is 313 Å². The van der Waals surface area contributed by atoms with Gasteiger partial charge in [-0.15, -0.1) is 0 Å². The number of hydrogen-bond acceptors (Lipinski definition) is 2. The summed E-state index contributed by atoms with van der Waals surface area (Å²) in [7, 11) is 4.38. The predicted molar refractivity (Wildman–Crippen MR) is 299 cm³/mol. The van der Waals surface area contributed by atoms with Gasteiger partial charge >= 0.3 is 0 Å². The standard InChI is InChI=1S/C69H11NO/c1-70-6-68-64-56-48-38-28-20-12-10-11-14-18-16(12)24-32-26(18)36-30-22(14)23-15(11)19-17-13(10)21(20)29-35-25(17)33-27(19)37-31(23)41-40(30)52-46(36)54-44(32)50(42(48)34(24)28)58(64)60(54)66-62(52)63-53(41)47(37)55-45(33)51-43(35)49(39(29)38)57(56)65(68)59(51)61(55)67(63)69(66,68)8-5-7(71-2)3-4-9(8)70/h3-5H,6H2,1-2H3. The van der Waals surface area contributed by atoms with E-state index in [0.29, 0.717) is 0 Å². The zero-order chi connectivity index (χ0) is 42.3. The Labute approximate surface area is 387 Å². The molecule has 0 aromatic heterocycles. The second-order valence-electron chi connectivity index (χ2n) is 26.1. The first-order chi connectivity index (χ1) is 35.3. The first kappa shape index (κ1) is 26.3. The van der Waals surface area contributed by atoms with E-state index >= 15 is 0 Å². The maximum absolute atomic E-state index is 6.47. The Hall–Kier alpha value is -8.72. The lowest BCUT2D eigenvalue weighted by atomic mass is 9.45. The van der Waals surface area contributed by atoms with Gasteiger partial charge in [-0.05, 0) is 337 Å². The molecule has 29 aromatic carbocycles. The van der Waals surface area contributed by atoms with E-state index in [-0.39, 0.29) is 5.41 Å². The molecule has 0 atom stereocenters. The van der Waals surface area contributed by atoms with E-state index in [0.717, 1.165) is 12.3 Å². The van der Waals surface area contributed by atoms with Crippen LogP contribution < -0.4 is 9.64 Å². The van der Waals surface area contributed by atoms with Crippen LogP contribution in [0.15, 0.2) is 18.2 Å². The monoisotopic (exact) mass is 869 g/mol. The van der Waals surface area contributed by atoms with Crippen LogP contribution in [-0.2, 0) is 10.8 Å². The molecule has 0 unspecified atom stereocenters. The van der Waals surface area contributed by atoms with Crippen molar-refractivity contribution in [1.29, 1.82) is 0 Å². The number of anilines is 1. The van der Waals surface area contributed by atoms with Gasteiger partial charge in [0.25, 0.3) is 0 Å². The maximum Gasteiger partial charge on any atom is 0.119 e. The summed E-state index contributed by atoms with van der Waals surface area (Å²) in [4.78, 5) is 2.74. The van der Waals surface area contributed by atoms with Crippen molar-refractivity contribution in [3.05, 3.63) is 46.0 Å². The van der Waals surface area contributed by atoms with Gasteiger partial charge in [0.15, 0.2) is 0 Å². The van der Waals surface area contributed by atoms with Gasteiger partial charge < -0.3 is 9.64 Å². The number of nitrogens with zero attached hydrogens (tertiary/aromatic N) is 1. The van der Waals surface area contributed by atoms with Crippen molar-refractivity contribution >= 4 is 297 Å². The molecule has 34 rings (SSSR count). The van der Waals surface area contributed by atoms with Gasteiger partial charge in [0.05, 0.1) is 17.9 Å². The summed E-state index contributed by atoms with van der Waals surface area (Å²) in [6.45, 7) is 0.974. The molecular weight excluding hydrogens is 859 g/mol. The van der Waals surface area contributed by atoms with Crippen LogP contribution in [0.4, 0.5) is 5.69 Å². The van der Waals surface area contributed by atoms with Crippen LogP contribution in [0.25, 0.3) is 291 Å². The highest BCUT2D eigenvalue weighted by molar-refractivity contribution is 6.82. The molecule has 71 heavy (non-hydrogen) atoms. The van der Waals surface area contributed by atoms with Crippen LogP contribution in [0.1, 0.15) is 27.8 Å². The van der Waals surface area contributed by atoms with E-state index < -0.39 is 5.41 Å². The van der Waals surface area contributed by atoms with Crippen molar-refractivity contribution in [3.63, 3.8) is 0 Å². The molecule has 0 N–H and O–H groups in total. The number of likely N-dealkylation sites (N-methyl/N-ethyl adjacent to an activating group) is 1. The number of methoxy groups -OCH3 is 1. The van der Waals surface area contributed by atoms with Crippen LogP contribution in [0, 0.1) is 0 Å². The van der Waals surface area contributed by atoms with Gasteiger partial charge in [0, 0.05) is 19.3 Å². The molecule has 0 bridgehead atoms. The molecule has 0 fully saturated rings. The zero-order valence-corrected chi connectivity index (χ0v) is 36.8. The average molecular weight is 870 g/mol. The summed E-state index contributed by atoms with van der Waals surface area (Å²) >= 11 is 0. The lowest BCUT2D eigenvalue weighted by Gasteiger charge is -2.59. The van der Waals surface area contributed by atoms with Gasteiger partial charge in [-0.3, -0.25) is 0 Å². The molecule has 298 valence electrons. The Bertz CT molecular complexity index is 7270. The Morgan fingerprint density at radius 1 is 0.296 bits per heavy atom. The van der Waals surface area contributed by atoms with Crippen molar-refractivity contribution in [2.24, 2.45) is 0 Å². The van der Waals surface area contributed by atoms with Crippen molar-refractivity contribution in [1.82, 2.24) is 0 Å². The Morgan fingerprint density at radius 3 is 0.732 bits per heavy atom. The van der Waals surface area contributed by atoms with Gasteiger partial charge in [0.1, 0.15) is 5.75 Å². The largest absolute Gasteiger partial charge is 0.497 e. The summed E-state index contributed by atoms with van der Waals surface area (Å²) in [5, 5.41) is 89.3. The Kier molecular flexibility index (Phi) is 2.19. The summed E-state index contributed by atoms with van der Waals surface area (Å²) in [5.74, 6) is 0.992. The summed E-state index contributed by atoms with van der Waals surface area (Å²) < 4.78 is 6.47. The first-order valence-electron chi connectivity index (χ1n) is 26.4. The molecule has 29 aromatic rings. The third kappa shape index (κ3) is 1.39. The highest BCUT2D eigenvalue weighted by Gasteiger charge is 2.72. The molecule has 4 aliphatic carbocycles. The van der Waals surface area contributed by atoms with Gasteiger partial charge in [-0.2, -0.15) is 0 Å². The Morgan fingerprint density at radius 2 is 0.507 bits per heavy atom. The number of hydrogen-bond donors (Lipinski definition) is 0. The van der Waals surface area contributed by atoms with E-state index in [9.17, 15) is 0 Å². The third-order valence-electron chi connectivity index (χ3n) is 26.0. The van der Waals surface area contributed by atoms with Crippen molar-refractivity contribution in [2.45, 2.75) is 10.8 Å². The van der Waals surface area contributed by atoms with Crippen molar-refractivity contribution in [3.8, 4) is 5.75 Å². The fraction of sp³-hybridized carbons (Fsp3) is 0.0725. The lowest BCUT2D eigenvalue weighted by Crippen LogP contribution is -2.61. The molecular formula is C69H11NO. The molecule has 0 radical (unpaired) electrons. The number of ether oxygens (including phenoxy) is 1. The molecule has 2 spiro atoms. The Balaban J connectivity index is 1.20. The van der Waals surface area contributed by atoms with E-state index in [1.165, 1.54) is 11.3 Å². The number of fused-ring (bicyclic) bond motifs is 1. The molecule has 0 saturated heterocycles. The van der Waals surface area contributed by atoms with Crippen LogP contribution in [0.2, 0.25) is 0 Å². The first-order valence-corrected chi connectivity index (χ1v) is 26.4. The summed E-state index contributed by atoms with van der Waals surface area (Å²) in [6.07, 6.45) is 0. The van der Waals surface area contributed by atoms with E-state index in [4.69, 9.17) is 4.74 Å². The normalized spacial score (nSPS) is 22.3. The quantitative estimate of drug-likeness (QED) is 0.152. The second kappa shape index (κ2) is 5.90. The molecule has 1 heterocycles. The van der Waals surface area contributed by atoms with Crippen LogP contribution >= 0.6 is 0 Å². The van der Waals surface area contributed by atoms with Gasteiger partial charge in [-0.25, -0.2) is 0 Å². The second-order valence-corrected chi connectivity index (χ2v) is 26.1. The SMILES string of the molecule is COc1ccc2c(c1)C13c4c5c6c7c8c9c(c%10c%11c1c1c4c4c%12c5c5c6c6c8c8c%13c9c9c%10c%10c%11c%11c1c1c4c4c%12c%12c5c5c6c8c6c8c%13c9c9c%10c%10c%11c1c1c4c4c%12c5c6c5c8c9c%10c1c45)C73CN2C. The molecule has 0 amide bonds. The topological polar surface area (TPSA) is 12.5 Å². The van der Waals surface area contributed by atoms with Gasteiger partial charge in [-0.1, -0.05) is 0 Å². The number of rotatable bonds is 1. The van der Waals surface area contributed by atoms with E-state index in [1.807, 2.05) is 7.11 Å². The number of benzene rings is 19. The van der Waals surface area contributed by atoms with Crippen molar-refractivity contribution < 1.29 is 4.74 Å². The summed E-state index contributed by atoms with van der Waals surface area (Å²) in [6, 6.07) is 7.32. The smallest absolute Gasteiger partial charge is 0.119 e. The van der Waals surface area contributed by atoms with E-state index in [2.05, 4.69) is 30.1 Å². The predicted octanol–water partition coefficient (Wildman–Crippen LogP) is 17.8. The maximum atomic E-state index is 6.47. The molecule has 2 heteroatoms. The minimum Gasteiger partial charge on any atom is -0.497 e. The highest BCUT2D eigenvalue weighted by atomic mass is 16.5. The fourth-order valence-corrected chi connectivity index (χ4v) is 25.9. The molecule has 2 nitrogen and oxygen atoms in total. The van der Waals surface area contributed by atoms with Crippen LogP contribution in [0.3, 0.4) is 0 Å². The minimum atomic E-state index is -0.436. The fourth-order valence-electron chi connectivity index (χ4n) is 25.9. The minimum absolute atomic E-state index is 0.341. The highest BCUT2D eigenvalue weighted by Crippen LogP contribution is 2.86. The summed E-state index contributed by atoms with van der Waals surface area (Å²) in [5.41, 5.74) is 8.99. The van der Waals surface area contributed by atoms with Crippen LogP contribution in [-0.4, -0.2) is 20.7 Å². The zero-order valence-electron chi connectivity index (χ0n) is 36.8. The molecule has 0 saturated carbocycles. The van der Waals surface area contributed by atoms with Crippen molar-refractivity contribution in [2.75, 3.05) is 25.6 Å². The average Bonchev–Trinajstić information content (AvgIpc) is 4.29. The van der Waals surface area contributed by atoms with Crippen LogP contribution in [0.5, 0.6) is 5.75 Å². The van der Waals surface area contributed by atoms with Gasteiger partial charge in [0.2, 0.25) is 0 Å². The molecule has 1 aliphatic heterocycles. The lowest BCUT2D eigenvalue weighted by molar-refractivity contribution is 0.359. The molecule has 5 aliphatic rings.